The van der Waals surface area contributed by atoms with Crippen LogP contribution in [0.4, 0.5) is 0 Å². The first-order chi connectivity index (χ1) is 6.59. The molecular weight excluding hydrogens is 242 g/mol. The molecule has 0 atom stereocenters. The summed E-state index contributed by atoms with van der Waals surface area (Å²) in [5.41, 5.74) is 6.27. The molecule has 14 heavy (non-hydrogen) atoms. The number of phenolic OH excluding ortho intramolecular Hbond substituents is 1. The van der Waals surface area contributed by atoms with Crippen molar-refractivity contribution in [1.82, 2.24) is 0 Å². The summed E-state index contributed by atoms with van der Waals surface area (Å²) in [7, 11) is 0. The molecule has 0 spiro atoms. The summed E-state index contributed by atoms with van der Waals surface area (Å²) in [5, 5.41) is 9.02. The van der Waals surface area contributed by atoms with Crippen molar-refractivity contribution in [1.29, 1.82) is 0 Å². The first kappa shape index (κ1) is 11.5. The van der Waals surface area contributed by atoms with E-state index in [1.54, 1.807) is 6.07 Å². The maximum Gasteiger partial charge on any atom is 0.118 e. The predicted octanol–water partition coefficient (Wildman–Crippen LogP) is 2.96. The lowest BCUT2D eigenvalue weighted by Crippen LogP contribution is -2.27. The van der Waals surface area contributed by atoms with Crippen LogP contribution >= 0.6 is 15.9 Å². The molecule has 3 N–H and O–H groups in total. The Morgan fingerprint density at radius 3 is 2.29 bits per heavy atom. The van der Waals surface area contributed by atoms with Crippen molar-refractivity contribution in [2.45, 2.75) is 32.2 Å². The second kappa shape index (κ2) is 5.37. The number of aromatic hydroxyl groups is 1. The van der Waals surface area contributed by atoms with Gasteiger partial charge in [-0.3, -0.25) is 0 Å². The molecule has 3 heteroatoms. The molecule has 0 unspecified atom stereocenters. The van der Waals surface area contributed by atoms with Crippen LogP contribution in [-0.4, -0.2) is 11.1 Å². The minimum atomic E-state index is 0.346. The van der Waals surface area contributed by atoms with Crippen LogP contribution in [0, 0.1) is 6.92 Å². The Hall–Kier alpha value is -0.540. The zero-order valence-corrected chi connectivity index (χ0v) is 9.92. The molecule has 1 aliphatic rings. The van der Waals surface area contributed by atoms with Gasteiger partial charge in [-0.15, -0.1) is 0 Å². The first-order valence-electron chi connectivity index (χ1n) is 4.80. The Balaban J connectivity index is 0.000000165. The standard InChI is InChI=1S/C7H7BrO.C4H9N/c1-5-4-6(8)2-3-7(5)9;5-4-2-1-3-4/h2-4,9H,1H3;4H,1-3,5H2. The lowest BCUT2D eigenvalue weighted by Gasteiger charge is -2.18. The van der Waals surface area contributed by atoms with Crippen molar-refractivity contribution < 1.29 is 5.11 Å². The van der Waals surface area contributed by atoms with E-state index in [2.05, 4.69) is 15.9 Å². The van der Waals surface area contributed by atoms with Gasteiger partial charge in [0.15, 0.2) is 0 Å². The van der Waals surface area contributed by atoms with Crippen molar-refractivity contribution in [3.63, 3.8) is 0 Å². The molecule has 1 fully saturated rings. The highest BCUT2D eigenvalue weighted by molar-refractivity contribution is 9.10. The van der Waals surface area contributed by atoms with Crippen molar-refractivity contribution in [3.05, 3.63) is 28.2 Å². The quantitative estimate of drug-likeness (QED) is 0.751. The van der Waals surface area contributed by atoms with Gasteiger partial charge in [0.25, 0.3) is 0 Å². The van der Waals surface area contributed by atoms with Gasteiger partial charge in [0.05, 0.1) is 0 Å². The number of phenols is 1. The highest BCUT2D eigenvalue weighted by atomic mass is 79.9. The van der Waals surface area contributed by atoms with Crippen LogP contribution in [0.5, 0.6) is 5.75 Å². The molecule has 0 saturated heterocycles. The summed E-state index contributed by atoms with van der Waals surface area (Å²) in [5.74, 6) is 0.346. The van der Waals surface area contributed by atoms with Crippen LogP contribution < -0.4 is 5.73 Å². The predicted molar refractivity (Wildman–Crippen MR) is 62.4 cm³/mol. The van der Waals surface area contributed by atoms with Crippen molar-refractivity contribution in [2.24, 2.45) is 5.73 Å². The summed E-state index contributed by atoms with van der Waals surface area (Å²) in [6.45, 7) is 1.86. The third-order valence-corrected chi connectivity index (χ3v) is 2.80. The van der Waals surface area contributed by atoms with Gasteiger partial charge in [-0.1, -0.05) is 22.4 Å². The van der Waals surface area contributed by atoms with Gasteiger partial charge in [0, 0.05) is 10.5 Å². The molecule has 1 aliphatic carbocycles. The second-order valence-corrected chi connectivity index (χ2v) is 4.54. The van der Waals surface area contributed by atoms with Gasteiger partial charge >= 0.3 is 0 Å². The third kappa shape index (κ3) is 3.68. The number of halogens is 1. The van der Waals surface area contributed by atoms with E-state index in [1.165, 1.54) is 19.3 Å². The molecule has 0 heterocycles. The average molecular weight is 258 g/mol. The minimum Gasteiger partial charge on any atom is -0.508 e. The minimum absolute atomic E-state index is 0.346. The Labute approximate surface area is 93.3 Å². The van der Waals surface area contributed by atoms with Crippen LogP contribution in [0.15, 0.2) is 22.7 Å². The van der Waals surface area contributed by atoms with E-state index < -0.39 is 0 Å². The fourth-order valence-corrected chi connectivity index (χ4v) is 1.53. The van der Waals surface area contributed by atoms with E-state index >= 15 is 0 Å². The van der Waals surface area contributed by atoms with E-state index in [9.17, 15) is 0 Å². The zero-order valence-electron chi connectivity index (χ0n) is 8.33. The van der Waals surface area contributed by atoms with E-state index in [0.717, 1.165) is 10.0 Å². The summed E-state index contributed by atoms with van der Waals surface area (Å²) in [4.78, 5) is 0. The monoisotopic (exact) mass is 257 g/mol. The summed E-state index contributed by atoms with van der Waals surface area (Å²) < 4.78 is 0.998. The molecule has 0 amide bonds. The zero-order chi connectivity index (χ0) is 10.6. The van der Waals surface area contributed by atoms with Crippen LogP contribution in [-0.2, 0) is 0 Å². The largest absolute Gasteiger partial charge is 0.508 e. The number of aryl methyl sites for hydroxylation is 1. The van der Waals surface area contributed by atoms with Gasteiger partial charge in [0.2, 0.25) is 0 Å². The molecule has 0 aliphatic heterocycles. The van der Waals surface area contributed by atoms with Gasteiger partial charge < -0.3 is 10.8 Å². The van der Waals surface area contributed by atoms with Crippen molar-refractivity contribution in [3.8, 4) is 5.75 Å². The summed E-state index contributed by atoms with van der Waals surface area (Å²) in [6, 6.07) is 5.91. The Bertz CT molecular complexity index is 297. The highest BCUT2D eigenvalue weighted by Crippen LogP contribution is 2.19. The van der Waals surface area contributed by atoms with Crippen LogP contribution in [0.1, 0.15) is 24.8 Å². The van der Waals surface area contributed by atoms with E-state index in [4.69, 9.17) is 10.8 Å². The maximum absolute atomic E-state index is 9.02. The normalized spacial score (nSPS) is 15.4. The third-order valence-electron chi connectivity index (χ3n) is 2.31. The lowest BCUT2D eigenvalue weighted by molar-refractivity contribution is 0.418. The molecule has 1 aromatic carbocycles. The highest BCUT2D eigenvalue weighted by Gasteiger charge is 2.09. The van der Waals surface area contributed by atoms with Crippen LogP contribution in [0.25, 0.3) is 0 Å². The topological polar surface area (TPSA) is 46.2 Å². The SMILES string of the molecule is Cc1cc(Br)ccc1O.NC1CCC1. The smallest absolute Gasteiger partial charge is 0.118 e. The van der Waals surface area contributed by atoms with E-state index in [1.807, 2.05) is 19.1 Å². The van der Waals surface area contributed by atoms with E-state index in [0.29, 0.717) is 11.8 Å². The molecule has 1 saturated carbocycles. The van der Waals surface area contributed by atoms with Gasteiger partial charge in [-0.05, 0) is 43.5 Å². The Kier molecular flexibility index (Phi) is 4.42. The molecule has 1 aromatic rings. The number of hydrogen-bond donors (Lipinski definition) is 2. The first-order valence-corrected chi connectivity index (χ1v) is 5.59. The molecule has 0 radical (unpaired) electrons. The fourth-order valence-electron chi connectivity index (χ4n) is 1.06. The Morgan fingerprint density at radius 1 is 1.43 bits per heavy atom. The molecule has 2 nitrogen and oxygen atoms in total. The number of rotatable bonds is 0. The fraction of sp³-hybridized carbons (Fsp3) is 0.455. The van der Waals surface area contributed by atoms with Crippen LogP contribution in [0.2, 0.25) is 0 Å². The average Bonchev–Trinajstić information content (AvgIpc) is 2.10. The van der Waals surface area contributed by atoms with Crippen molar-refractivity contribution >= 4 is 15.9 Å². The molecule has 78 valence electrons. The molecule has 0 bridgehead atoms. The number of nitrogens with two attached hydrogens (primary N) is 1. The van der Waals surface area contributed by atoms with Crippen LogP contribution in [0.3, 0.4) is 0 Å². The van der Waals surface area contributed by atoms with Gasteiger partial charge in [-0.2, -0.15) is 0 Å². The summed E-state index contributed by atoms with van der Waals surface area (Å²) in [6.07, 6.45) is 3.89. The van der Waals surface area contributed by atoms with Gasteiger partial charge in [0.1, 0.15) is 5.75 Å². The maximum atomic E-state index is 9.02. The lowest BCUT2D eigenvalue weighted by atomic mass is 9.95. The molecule has 0 aromatic heterocycles. The van der Waals surface area contributed by atoms with Gasteiger partial charge in [-0.25, -0.2) is 0 Å². The molecule has 2 rings (SSSR count). The number of benzene rings is 1. The Morgan fingerprint density at radius 2 is 2.00 bits per heavy atom. The van der Waals surface area contributed by atoms with Crippen molar-refractivity contribution in [2.75, 3.05) is 0 Å². The second-order valence-electron chi connectivity index (χ2n) is 3.62. The molecular formula is C11H16BrNO. The number of hydrogen-bond acceptors (Lipinski definition) is 2. The van der Waals surface area contributed by atoms with E-state index in [-0.39, 0.29) is 0 Å². The summed E-state index contributed by atoms with van der Waals surface area (Å²) >= 11 is 3.29.